The Kier molecular flexibility index (Phi) is 1.62. The molecule has 0 saturated heterocycles. The lowest BCUT2D eigenvalue weighted by Crippen LogP contribution is -2.16. The Hall–Kier alpha value is -1.13. The van der Waals surface area contributed by atoms with Crippen molar-refractivity contribution >= 4 is 5.84 Å². The Morgan fingerprint density at radius 2 is 2.56 bits per heavy atom. The molecule has 0 bridgehead atoms. The van der Waals surface area contributed by atoms with Crippen LogP contribution in [0, 0.1) is 10.1 Å². The molecule has 0 amide bonds. The molecule has 50 valence electrons. The zero-order chi connectivity index (χ0) is 6.69. The van der Waals surface area contributed by atoms with Crippen LogP contribution >= 0.6 is 0 Å². The van der Waals surface area contributed by atoms with Gasteiger partial charge in [-0.05, 0) is 11.3 Å². The molecule has 1 heterocycles. The maximum atomic E-state index is 9.95. The van der Waals surface area contributed by atoms with Gasteiger partial charge < -0.3 is 10.1 Å². The summed E-state index contributed by atoms with van der Waals surface area (Å²) in [6.45, 7) is 0.497. The summed E-state index contributed by atoms with van der Waals surface area (Å²) in [7, 11) is 0. The standard InChI is InChI=1S/C4H6N2O3/c7-6(8)4-2-1-3-9-5-4/h1-3H2. The summed E-state index contributed by atoms with van der Waals surface area (Å²) in [5.41, 5.74) is 0. The molecule has 0 N–H and O–H groups in total. The molecule has 0 spiro atoms. The number of hydrogen-bond donors (Lipinski definition) is 0. The van der Waals surface area contributed by atoms with Crippen LogP contribution in [0.15, 0.2) is 5.16 Å². The third kappa shape index (κ3) is 1.38. The van der Waals surface area contributed by atoms with E-state index in [1.54, 1.807) is 0 Å². The zero-order valence-corrected chi connectivity index (χ0v) is 4.74. The van der Waals surface area contributed by atoms with Crippen molar-refractivity contribution in [2.75, 3.05) is 6.61 Å². The molecule has 5 nitrogen and oxygen atoms in total. The van der Waals surface area contributed by atoms with Crippen molar-refractivity contribution in [1.82, 2.24) is 0 Å². The van der Waals surface area contributed by atoms with Gasteiger partial charge in [-0.2, -0.15) is 0 Å². The Bertz CT molecular complexity index is 154. The molecule has 0 aliphatic carbocycles. The second kappa shape index (κ2) is 2.43. The maximum Gasteiger partial charge on any atom is 0.385 e. The molecule has 0 radical (unpaired) electrons. The van der Waals surface area contributed by atoms with E-state index in [1.807, 2.05) is 0 Å². The van der Waals surface area contributed by atoms with E-state index in [2.05, 4.69) is 9.99 Å². The van der Waals surface area contributed by atoms with E-state index < -0.39 is 4.92 Å². The van der Waals surface area contributed by atoms with Gasteiger partial charge in [0.05, 0.1) is 6.42 Å². The van der Waals surface area contributed by atoms with Crippen molar-refractivity contribution in [2.24, 2.45) is 5.16 Å². The van der Waals surface area contributed by atoms with Crippen molar-refractivity contribution < 1.29 is 9.76 Å². The topological polar surface area (TPSA) is 64.7 Å². The van der Waals surface area contributed by atoms with Crippen LogP contribution in [0.3, 0.4) is 0 Å². The summed E-state index contributed by atoms with van der Waals surface area (Å²) in [5, 5.41) is 13.2. The molecule has 1 aliphatic rings. The lowest BCUT2D eigenvalue weighted by Gasteiger charge is -2.00. The summed E-state index contributed by atoms with van der Waals surface area (Å²) in [5.74, 6) is -0.0683. The number of nitrogens with zero attached hydrogens (tertiary/aromatic N) is 2. The van der Waals surface area contributed by atoms with Gasteiger partial charge in [-0.15, -0.1) is 0 Å². The van der Waals surface area contributed by atoms with Gasteiger partial charge in [0.25, 0.3) is 0 Å². The zero-order valence-electron chi connectivity index (χ0n) is 4.74. The number of nitro groups is 1. The predicted octanol–water partition coefficient (Wildman–Crippen LogP) is 0.387. The number of rotatable bonds is 0. The van der Waals surface area contributed by atoms with Crippen LogP contribution in [-0.2, 0) is 4.84 Å². The summed E-state index contributed by atoms with van der Waals surface area (Å²) < 4.78 is 0. The highest BCUT2D eigenvalue weighted by atomic mass is 16.7. The summed E-state index contributed by atoms with van der Waals surface area (Å²) in [6.07, 6.45) is 1.12. The molecule has 0 fully saturated rings. The first-order valence-electron chi connectivity index (χ1n) is 2.64. The van der Waals surface area contributed by atoms with Gasteiger partial charge in [0.2, 0.25) is 0 Å². The van der Waals surface area contributed by atoms with E-state index in [1.165, 1.54) is 0 Å². The average molecular weight is 130 g/mol. The molecule has 0 aromatic rings. The van der Waals surface area contributed by atoms with Crippen molar-refractivity contribution in [3.63, 3.8) is 0 Å². The first kappa shape index (κ1) is 6.00. The number of oxime groups is 1. The Morgan fingerprint density at radius 1 is 1.78 bits per heavy atom. The molecule has 0 atom stereocenters. The number of hydrogen-bond acceptors (Lipinski definition) is 4. The van der Waals surface area contributed by atoms with Crippen LogP contribution in [0.25, 0.3) is 0 Å². The fourth-order valence-electron chi connectivity index (χ4n) is 0.585. The first-order chi connectivity index (χ1) is 4.30. The van der Waals surface area contributed by atoms with Gasteiger partial charge >= 0.3 is 5.84 Å². The molecule has 0 aromatic carbocycles. The number of amidine groups is 1. The smallest absolute Gasteiger partial charge is 0.358 e. The minimum absolute atomic E-state index is 0.0683. The largest absolute Gasteiger partial charge is 0.385 e. The van der Waals surface area contributed by atoms with Gasteiger partial charge in [0.1, 0.15) is 6.61 Å². The normalized spacial score (nSPS) is 18.0. The van der Waals surface area contributed by atoms with Crippen LogP contribution in [0.2, 0.25) is 0 Å². The first-order valence-corrected chi connectivity index (χ1v) is 2.64. The minimum atomic E-state index is -0.515. The molecule has 9 heavy (non-hydrogen) atoms. The van der Waals surface area contributed by atoms with Crippen LogP contribution in [-0.4, -0.2) is 17.4 Å². The third-order valence-corrected chi connectivity index (χ3v) is 1.02. The van der Waals surface area contributed by atoms with E-state index in [0.717, 1.165) is 0 Å². The summed E-state index contributed by atoms with van der Waals surface area (Å²) in [6, 6.07) is 0. The van der Waals surface area contributed by atoms with Gasteiger partial charge in [-0.3, -0.25) is 4.84 Å². The van der Waals surface area contributed by atoms with E-state index in [4.69, 9.17) is 0 Å². The average Bonchev–Trinajstić information content (AvgIpc) is 1.90. The second-order valence-corrected chi connectivity index (χ2v) is 1.70. The van der Waals surface area contributed by atoms with E-state index in [-0.39, 0.29) is 5.84 Å². The molecule has 1 aliphatic heterocycles. The highest BCUT2D eigenvalue weighted by Gasteiger charge is 2.17. The van der Waals surface area contributed by atoms with Crippen molar-refractivity contribution in [2.45, 2.75) is 12.8 Å². The monoisotopic (exact) mass is 130 g/mol. The quantitative estimate of drug-likeness (QED) is 0.352. The summed E-state index contributed by atoms with van der Waals surface area (Å²) in [4.78, 5) is 13.9. The molecular weight excluding hydrogens is 124 g/mol. The van der Waals surface area contributed by atoms with Gasteiger partial charge in [0, 0.05) is 0 Å². The lowest BCUT2D eigenvalue weighted by atomic mass is 10.3. The second-order valence-electron chi connectivity index (χ2n) is 1.70. The van der Waals surface area contributed by atoms with Crippen LogP contribution in [0.5, 0.6) is 0 Å². The maximum absolute atomic E-state index is 9.95. The van der Waals surface area contributed by atoms with E-state index in [9.17, 15) is 10.1 Å². The molecule has 1 rings (SSSR count). The fraction of sp³-hybridized carbons (Fsp3) is 0.750. The van der Waals surface area contributed by atoms with Crippen molar-refractivity contribution in [3.05, 3.63) is 10.1 Å². The Morgan fingerprint density at radius 3 is 2.89 bits per heavy atom. The summed E-state index contributed by atoms with van der Waals surface area (Å²) >= 11 is 0. The van der Waals surface area contributed by atoms with Crippen LogP contribution in [0.1, 0.15) is 12.8 Å². The lowest BCUT2D eigenvalue weighted by molar-refractivity contribution is -0.357. The van der Waals surface area contributed by atoms with E-state index >= 15 is 0 Å². The minimum Gasteiger partial charge on any atom is -0.358 e. The van der Waals surface area contributed by atoms with Gasteiger partial charge in [0.15, 0.2) is 5.16 Å². The Balaban J connectivity index is 2.57. The van der Waals surface area contributed by atoms with Crippen LogP contribution < -0.4 is 0 Å². The third-order valence-electron chi connectivity index (χ3n) is 1.02. The van der Waals surface area contributed by atoms with Crippen molar-refractivity contribution in [1.29, 1.82) is 0 Å². The molecule has 5 heteroatoms. The SMILES string of the molecule is O=[N+]([O-])C1=NOCCC1. The molecule has 0 saturated carbocycles. The molecule has 0 aromatic heterocycles. The molecular formula is C4H6N2O3. The Labute approximate surface area is 51.4 Å². The van der Waals surface area contributed by atoms with E-state index in [0.29, 0.717) is 19.4 Å². The predicted molar refractivity (Wildman–Crippen MR) is 29.6 cm³/mol. The highest BCUT2D eigenvalue weighted by molar-refractivity contribution is 5.73. The fourth-order valence-corrected chi connectivity index (χ4v) is 0.585. The van der Waals surface area contributed by atoms with Crippen LogP contribution in [0.4, 0.5) is 0 Å². The molecule has 0 unspecified atom stereocenters. The van der Waals surface area contributed by atoms with Gasteiger partial charge in [-0.25, -0.2) is 0 Å². The van der Waals surface area contributed by atoms with Gasteiger partial charge in [-0.1, -0.05) is 0 Å². The van der Waals surface area contributed by atoms with Crippen molar-refractivity contribution in [3.8, 4) is 0 Å². The highest BCUT2D eigenvalue weighted by Crippen LogP contribution is 2.01.